The van der Waals surface area contributed by atoms with Crippen LogP contribution in [0.5, 0.6) is 0 Å². The molecule has 3 aromatic rings. The maximum Gasteiger partial charge on any atom is 0.244 e. The predicted octanol–water partition coefficient (Wildman–Crippen LogP) is 4.75. The molecule has 1 N–H and O–H groups in total. The van der Waals surface area contributed by atoms with E-state index in [0.29, 0.717) is 10.8 Å². The number of carbonyl (C=O) groups is 1. The summed E-state index contributed by atoms with van der Waals surface area (Å²) in [4.78, 5) is 16.9. The van der Waals surface area contributed by atoms with Gasteiger partial charge in [0, 0.05) is 24.7 Å². The molecule has 1 aromatic carbocycles. The zero-order valence-electron chi connectivity index (χ0n) is 18.9. The molecule has 1 atom stereocenters. The number of thioether (sulfide) groups is 1. The summed E-state index contributed by atoms with van der Waals surface area (Å²) in [7, 11) is -1.92. The minimum absolute atomic E-state index is 0.0511. The molecule has 0 spiro atoms. The van der Waals surface area contributed by atoms with E-state index >= 15 is 0 Å². The van der Waals surface area contributed by atoms with Gasteiger partial charge in [0.15, 0.2) is 0 Å². The van der Waals surface area contributed by atoms with Gasteiger partial charge in [0.1, 0.15) is 16.2 Å². The number of para-hydroxylation sites is 1. The molecule has 33 heavy (non-hydrogen) atoms. The van der Waals surface area contributed by atoms with Crippen LogP contribution in [0.25, 0.3) is 11.0 Å². The summed E-state index contributed by atoms with van der Waals surface area (Å²) in [6.07, 6.45) is 6.48. The first-order chi connectivity index (χ1) is 15.8. The standard InChI is InChI=1S/C24H29N3O4S2/c1-17(22-14-18-8-6-7-11-21(18)31-22)26-23(28)16-32-24-13-12-20(15-25-24)33(29,30)27(2)19-9-4-3-5-10-19/h6-8,11-15,17,19H,3-5,9-10,16H2,1-2H3,(H,26,28)/t17-/m0/s1. The van der Waals surface area contributed by atoms with E-state index in [-0.39, 0.29) is 28.6 Å². The van der Waals surface area contributed by atoms with E-state index < -0.39 is 10.0 Å². The van der Waals surface area contributed by atoms with E-state index in [1.54, 1.807) is 19.2 Å². The van der Waals surface area contributed by atoms with E-state index in [1.165, 1.54) is 28.7 Å². The van der Waals surface area contributed by atoms with Gasteiger partial charge in [-0.1, -0.05) is 49.2 Å². The van der Waals surface area contributed by atoms with Crippen LogP contribution >= 0.6 is 11.8 Å². The smallest absolute Gasteiger partial charge is 0.244 e. The monoisotopic (exact) mass is 487 g/mol. The van der Waals surface area contributed by atoms with Crippen molar-refractivity contribution in [3.05, 3.63) is 54.4 Å². The molecule has 9 heteroatoms. The number of benzene rings is 1. The fourth-order valence-corrected chi connectivity index (χ4v) is 6.14. The van der Waals surface area contributed by atoms with Gasteiger partial charge in [-0.15, -0.1) is 0 Å². The number of nitrogens with one attached hydrogen (secondary N) is 1. The minimum atomic E-state index is -3.57. The second kappa shape index (κ2) is 10.3. The summed E-state index contributed by atoms with van der Waals surface area (Å²) < 4.78 is 33.2. The largest absolute Gasteiger partial charge is 0.459 e. The van der Waals surface area contributed by atoms with Gasteiger partial charge in [0.2, 0.25) is 15.9 Å². The van der Waals surface area contributed by atoms with Crippen LogP contribution in [0.4, 0.5) is 0 Å². The number of pyridine rings is 1. The van der Waals surface area contributed by atoms with Gasteiger partial charge in [0.05, 0.1) is 16.8 Å². The Hall–Kier alpha value is -2.36. The number of rotatable bonds is 8. The van der Waals surface area contributed by atoms with E-state index in [4.69, 9.17) is 4.42 Å². The van der Waals surface area contributed by atoms with Crippen molar-refractivity contribution in [2.75, 3.05) is 12.8 Å². The number of sulfonamides is 1. The van der Waals surface area contributed by atoms with E-state index in [2.05, 4.69) is 10.3 Å². The lowest BCUT2D eigenvalue weighted by atomic mass is 9.96. The van der Waals surface area contributed by atoms with Crippen LogP contribution in [0.1, 0.15) is 50.8 Å². The topological polar surface area (TPSA) is 92.5 Å². The molecular weight excluding hydrogens is 458 g/mol. The second-order valence-corrected chi connectivity index (χ2v) is 11.4. The summed E-state index contributed by atoms with van der Waals surface area (Å²) in [6, 6.07) is 12.7. The summed E-state index contributed by atoms with van der Waals surface area (Å²) in [5.74, 6) is 0.721. The number of nitrogens with zero attached hydrogens (tertiary/aromatic N) is 2. The molecule has 1 fully saturated rings. The third kappa shape index (κ3) is 5.59. The molecule has 2 heterocycles. The highest BCUT2D eigenvalue weighted by Crippen LogP contribution is 2.27. The molecule has 0 radical (unpaired) electrons. The van der Waals surface area contributed by atoms with Gasteiger partial charge in [-0.25, -0.2) is 13.4 Å². The maximum absolute atomic E-state index is 12.9. The summed E-state index contributed by atoms with van der Waals surface area (Å²) in [6.45, 7) is 1.88. The Morgan fingerprint density at radius 1 is 1.21 bits per heavy atom. The first-order valence-electron chi connectivity index (χ1n) is 11.2. The van der Waals surface area contributed by atoms with Gasteiger partial charge >= 0.3 is 0 Å². The zero-order valence-corrected chi connectivity index (χ0v) is 20.5. The van der Waals surface area contributed by atoms with Gasteiger partial charge in [0.25, 0.3) is 0 Å². The molecule has 1 aliphatic carbocycles. The molecule has 0 unspecified atom stereocenters. The molecule has 1 saturated carbocycles. The highest BCUT2D eigenvalue weighted by Gasteiger charge is 2.29. The second-order valence-electron chi connectivity index (χ2n) is 8.41. The van der Waals surface area contributed by atoms with Gasteiger partial charge < -0.3 is 9.73 Å². The van der Waals surface area contributed by atoms with Crippen LogP contribution in [0, 0.1) is 0 Å². The van der Waals surface area contributed by atoms with Gasteiger partial charge in [-0.05, 0) is 44.0 Å². The molecule has 1 amide bonds. The summed E-state index contributed by atoms with van der Waals surface area (Å²) in [5.41, 5.74) is 0.788. The third-order valence-electron chi connectivity index (χ3n) is 6.08. The van der Waals surface area contributed by atoms with Gasteiger partial charge in [-0.3, -0.25) is 4.79 Å². The lowest BCUT2D eigenvalue weighted by Crippen LogP contribution is -2.38. The Balaban J connectivity index is 1.31. The summed E-state index contributed by atoms with van der Waals surface area (Å²) in [5, 5.41) is 4.53. The van der Waals surface area contributed by atoms with Crippen LogP contribution in [0.15, 0.2) is 63.0 Å². The Bertz CT molecular complexity index is 1170. The van der Waals surface area contributed by atoms with Crippen LogP contribution in [0.3, 0.4) is 0 Å². The highest BCUT2D eigenvalue weighted by atomic mass is 32.2. The number of fused-ring (bicyclic) bond motifs is 1. The van der Waals surface area contributed by atoms with Gasteiger partial charge in [-0.2, -0.15) is 4.31 Å². The minimum Gasteiger partial charge on any atom is -0.459 e. The van der Waals surface area contributed by atoms with Crippen molar-refractivity contribution in [1.29, 1.82) is 0 Å². The molecule has 4 rings (SSSR count). The number of carbonyl (C=O) groups excluding carboxylic acids is 1. The Kier molecular flexibility index (Phi) is 7.41. The normalized spacial score (nSPS) is 16.2. The van der Waals surface area contributed by atoms with Crippen LogP contribution < -0.4 is 5.32 Å². The van der Waals surface area contributed by atoms with E-state index in [1.807, 2.05) is 37.3 Å². The van der Waals surface area contributed by atoms with Crippen molar-refractivity contribution < 1.29 is 17.6 Å². The summed E-state index contributed by atoms with van der Waals surface area (Å²) >= 11 is 1.26. The van der Waals surface area contributed by atoms with Crippen molar-refractivity contribution in [1.82, 2.24) is 14.6 Å². The van der Waals surface area contributed by atoms with E-state index in [9.17, 15) is 13.2 Å². The van der Waals surface area contributed by atoms with Crippen molar-refractivity contribution in [2.45, 2.75) is 61.0 Å². The fraction of sp³-hybridized carbons (Fsp3) is 0.417. The fourth-order valence-electron chi connectivity index (χ4n) is 4.12. The van der Waals surface area contributed by atoms with Crippen LogP contribution in [-0.2, 0) is 14.8 Å². The molecule has 2 aromatic heterocycles. The molecule has 7 nitrogen and oxygen atoms in total. The first-order valence-corrected chi connectivity index (χ1v) is 13.6. The average Bonchev–Trinajstić information content (AvgIpc) is 3.28. The molecular formula is C24H29N3O4S2. The SMILES string of the molecule is C[C@H](NC(=O)CSc1ccc(S(=O)(=O)N(C)C2CCCCC2)cn1)c1cc2ccccc2o1. The zero-order chi connectivity index (χ0) is 23.4. The molecule has 0 bridgehead atoms. The van der Waals surface area contributed by atoms with Crippen LogP contribution in [0.2, 0.25) is 0 Å². The Morgan fingerprint density at radius 2 is 1.97 bits per heavy atom. The quantitative estimate of drug-likeness (QED) is 0.461. The third-order valence-corrected chi connectivity index (χ3v) is 8.91. The van der Waals surface area contributed by atoms with Crippen LogP contribution in [-0.4, -0.2) is 42.5 Å². The van der Waals surface area contributed by atoms with Crippen molar-refractivity contribution in [3.63, 3.8) is 0 Å². The average molecular weight is 488 g/mol. The lowest BCUT2D eigenvalue weighted by molar-refractivity contribution is -0.119. The number of aromatic nitrogens is 1. The molecule has 176 valence electrons. The number of furan rings is 1. The number of hydrogen-bond acceptors (Lipinski definition) is 6. The lowest BCUT2D eigenvalue weighted by Gasteiger charge is -2.30. The highest BCUT2D eigenvalue weighted by molar-refractivity contribution is 7.99. The predicted molar refractivity (Wildman–Crippen MR) is 130 cm³/mol. The number of amides is 1. The maximum atomic E-state index is 12.9. The van der Waals surface area contributed by atoms with Crippen molar-refractivity contribution >= 4 is 38.7 Å². The first kappa shape index (κ1) is 23.8. The van der Waals surface area contributed by atoms with E-state index in [0.717, 1.165) is 36.7 Å². The Morgan fingerprint density at radius 3 is 2.67 bits per heavy atom. The molecule has 1 aliphatic rings. The molecule has 0 aliphatic heterocycles. The van der Waals surface area contributed by atoms with Crippen molar-refractivity contribution in [2.24, 2.45) is 0 Å². The number of hydrogen-bond donors (Lipinski definition) is 1. The van der Waals surface area contributed by atoms with Crippen molar-refractivity contribution in [3.8, 4) is 0 Å². The molecule has 0 saturated heterocycles. The Labute approximate surface area is 199 Å².